The Bertz CT molecular complexity index is 232. The van der Waals surface area contributed by atoms with Gasteiger partial charge in [0, 0.05) is 6.04 Å². The molecule has 2 N–H and O–H groups in total. The van der Waals surface area contributed by atoms with Crippen LogP contribution in [0.1, 0.15) is 45.4 Å². The number of carbonyl (C=O) groups excluding carboxylic acids is 1. The van der Waals surface area contributed by atoms with Gasteiger partial charge >= 0.3 is 5.97 Å². The van der Waals surface area contributed by atoms with Crippen LogP contribution >= 0.6 is 0 Å². The number of carboxylic acid groups (broad SMARTS) is 1. The molecule has 0 aromatic heterocycles. The Labute approximate surface area is 90.0 Å². The van der Waals surface area contributed by atoms with Crippen molar-refractivity contribution in [3.63, 3.8) is 0 Å². The first-order valence-corrected chi connectivity index (χ1v) is 5.64. The largest absolute Gasteiger partial charge is 0.481 e. The Morgan fingerprint density at radius 2 is 1.73 bits per heavy atom. The summed E-state index contributed by atoms with van der Waals surface area (Å²) in [6, 6.07) is 0.182. The lowest BCUT2D eigenvalue weighted by molar-refractivity contribution is -0.146. The van der Waals surface area contributed by atoms with Gasteiger partial charge in [-0.3, -0.25) is 9.59 Å². The van der Waals surface area contributed by atoms with E-state index in [-0.39, 0.29) is 11.9 Å². The van der Waals surface area contributed by atoms with Crippen molar-refractivity contribution in [3.8, 4) is 0 Å². The standard InChI is InChI=1S/C11H19NO3/c1-8(11(14)15)10(13)12-9-6-4-2-3-5-7-9/h8-9H,2-7H2,1H3,(H,12,13)(H,14,15). The number of aliphatic carboxylic acids is 1. The molecule has 0 aromatic carbocycles. The fourth-order valence-corrected chi connectivity index (χ4v) is 1.86. The van der Waals surface area contributed by atoms with Crippen molar-refractivity contribution < 1.29 is 14.7 Å². The lowest BCUT2D eigenvalue weighted by atomic mass is 10.1. The molecule has 0 aromatic rings. The van der Waals surface area contributed by atoms with Gasteiger partial charge < -0.3 is 10.4 Å². The molecule has 4 nitrogen and oxygen atoms in total. The van der Waals surface area contributed by atoms with Crippen LogP contribution in [0.3, 0.4) is 0 Å². The molecule has 1 aliphatic carbocycles. The summed E-state index contributed by atoms with van der Waals surface area (Å²) in [5.41, 5.74) is 0. The normalized spacial score (nSPS) is 20.3. The predicted molar refractivity (Wildman–Crippen MR) is 56.4 cm³/mol. The predicted octanol–water partition coefficient (Wildman–Crippen LogP) is 1.55. The average molecular weight is 213 g/mol. The molecular weight excluding hydrogens is 194 g/mol. The number of hydrogen-bond acceptors (Lipinski definition) is 2. The average Bonchev–Trinajstić information content (AvgIpc) is 2.45. The van der Waals surface area contributed by atoms with Crippen LogP contribution in [0.2, 0.25) is 0 Å². The van der Waals surface area contributed by atoms with Gasteiger partial charge in [0.05, 0.1) is 0 Å². The molecular formula is C11H19NO3. The second-order valence-electron chi connectivity index (χ2n) is 4.26. The maximum absolute atomic E-state index is 11.5. The molecule has 0 heterocycles. The zero-order valence-corrected chi connectivity index (χ0v) is 9.16. The van der Waals surface area contributed by atoms with E-state index in [1.165, 1.54) is 19.8 Å². The lowest BCUT2D eigenvalue weighted by Crippen LogP contribution is -2.40. The molecule has 1 saturated carbocycles. The van der Waals surface area contributed by atoms with E-state index in [0.717, 1.165) is 25.7 Å². The summed E-state index contributed by atoms with van der Waals surface area (Å²) in [6.45, 7) is 1.42. The third kappa shape index (κ3) is 3.90. The highest BCUT2D eigenvalue weighted by atomic mass is 16.4. The highest BCUT2D eigenvalue weighted by Gasteiger charge is 2.23. The van der Waals surface area contributed by atoms with Crippen LogP contribution in [0, 0.1) is 5.92 Å². The molecule has 1 aliphatic rings. The SMILES string of the molecule is CC(C(=O)O)C(=O)NC1CCCCCC1. The Hall–Kier alpha value is -1.06. The zero-order chi connectivity index (χ0) is 11.3. The molecule has 0 radical (unpaired) electrons. The third-order valence-corrected chi connectivity index (χ3v) is 2.97. The van der Waals surface area contributed by atoms with E-state index in [9.17, 15) is 9.59 Å². The van der Waals surface area contributed by atoms with Crippen molar-refractivity contribution in [1.29, 1.82) is 0 Å². The first kappa shape index (κ1) is 12.0. The first-order chi connectivity index (χ1) is 7.11. The van der Waals surface area contributed by atoms with Crippen molar-refractivity contribution in [2.24, 2.45) is 5.92 Å². The van der Waals surface area contributed by atoms with Gasteiger partial charge in [0.15, 0.2) is 0 Å². The molecule has 1 amide bonds. The van der Waals surface area contributed by atoms with Gasteiger partial charge in [0.2, 0.25) is 5.91 Å². The number of carbonyl (C=O) groups is 2. The van der Waals surface area contributed by atoms with Gasteiger partial charge in [-0.25, -0.2) is 0 Å². The van der Waals surface area contributed by atoms with E-state index in [1.807, 2.05) is 0 Å². The van der Waals surface area contributed by atoms with Crippen LogP contribution in [0.5, 0.6) is 0 Å². The minimum absolute atomic E-state index is 0.182. The number of hydrogen-bond donors (Lipinski definition) is 2. The molecule has 15 heavy (non-hydrogen) atoms. The Kier molecular flexibility index (Phi) is 4.59. The minimum Gasteiger partial charge on any atom is -0.481 e. The third-order valence-electron chi connectivity index (χ3n) is 2.97. The second-order valence-corrected chi connectivity index (χ2v) is 4.26. The quantitative estimate of drug-likeness (QED) is 0.552. The molecule has 0 saturated heterocycles. The fourth-order valence-electron chi connectivity index (χ4n) is 1.86. The molecule has 1 unspecified atom stereocenters. The second kappa shape index (κ2) is 5.73. The summed E-state index contributed by atoms with van der Waals surface area (Å²) in [7, 11) is 0. The van der Waals surface area contributed by atoms with E-state index in [0.29, 0.717) is 0 Å². The van der Waals surface area contributed by atoms with Crippen LogP contribution in [0.25, 0.3) is 0 Å². The number of nitrogens with one attached hydrogen (secondary N) is 1. The highest BCUT2D eigenvalue weighted by molar-refractivity contribution is 5.96. The van der Waals surface area contributed by atoms with Crippen LogP contribution in [-0.4, -0.2) is 23.0 Å². The highest BCUT2D eigenvalue weighted by Crippen LogP contribution is 2.17. The van der Waals surface area contributed by atoms with E-state index < -0.39 is 11.9 Å². The van der Waals surface area contributed by atoms with Gasteiger partial charge in [-0.05, 0) is 19.8 Å². The molecule has 4 heteroatoms. The van der Waals surface area contributed by atoms with E-state index in [2.05, 4.69) is 5.32 Å². The molecule has 0 spiro atoms. The number of carboxylic acids is 1. The van der Waals surface area contributed by atoms with E-state index in [1.54, 1.807) is 0 Å². The Morgan fingerprint density at radius 3 is 2.20 bits per heavy atom. The molecule has 1 fully saturated rings. The molecule has 1 atom stereocenters. The van der Waals surface area contributed by atoms with Crippen molar-refractivity contribution in [1.82, 2.24) is 5.32 Å². The smallest absolute Gasteiger partial charge is 0.315 e. The van der Waals surface area contributed by atoms with Gasteiger partial charge in [0.1, 0.15) is 5.92 Å². The van der Waals surface area contributed by atoms with Crippen molar-refractivity contribution in [2.45, 2.75) is 51.5 Å². The summed E-state index contributed by atoms with van der Waals surface area (Å²) in [5.74, 6) is -2.34. The minimum atomic E-state index is -1.05. The van der Waals surface area contributed by atoms with E-state index in [4.69, 9.17) is 5.11 Å². The first-order valence-electron chi connectivity index (χ1n) is 5.64. The van der Waals surface area contributed by atoms with Crippen LogP contribution < -0.4 is 5.32 Å². The Balaban J connectivity index is 2.38. The molecule has 0 bridgehead atoms. The maximum atomic E-state index is 11.5. The molecule has 86 valence electrons. The van der Waals surface area contributed by atoms with Crippen molar-refractivity contribution >= 4 is 11.9 Å². The summed E-state index contributed by atoms with van der Waals surface area (Å²) in [6.07, 6.45) is 6.68. The monoisotopic (exact) mass is 213 g/mol. The summed E-state index contributed by atoms with van der Waals surface area (Å²) in [5, 5.41) is 11.5. The molecule has 1 rings (SSSR count). The lowest BCUT2D eigenvalue weighted by Gasteiger charge is -2.17. The van der Waals surface area contributed by atoms with E-state index >= 15 is 0 Å². The summed E-state index contributed by atoms with van der Waals surface area (Å²) < 4.78 is 0. The number of amides is 1. The maximum Gasteiger partial charge on any atom is 0.315 e. The summed E-state index contributed by atoms with van der Waals surface area (Å²) >= 11 is 0. The topological polar surface area (TPSA) is 66.4 Å². The van der Waals surface area contributed by atoms with Crippen LogP contribution in [0.15, 0.2) is 0 Å². The van der Waals surface area contributed by atoms with Crippen LogP contribution in [0.4, 0.5) is 0 Å². The number of rotatable bonds is 3. The molecule has 0 aliphatic heterocycles. The van der Waals surface area contributed by atoms with Crippen LogP contribution in [-0.2, 0) is 9.59 Å². The zero-order valence-electron chi connectivity index (χ0n) is 9.16. The van der Waals surface area contributed by atoms with Gasteiger partial charge in [-0.1, -0.05) is 25.7 Å². The fraction of sp³-hybridized carbons (Fsp3) is 0.818. The van der Waals surface area contributed by atoms with Crippen molar-refractivity contribution in [3.05, 3.63) is 0 Å². The Morgan fingerprint density at radius 1 is 1.20 bits per heavy atom. The van der Waals surface area contributed by atoms with Gasteiger partial charge in [0.25, 0.3) is 0 Å². The van der Waals surface area contributed by atoms with Crippen molar-refractivity contribution in [2.75, 3.05) is 0 Å². The van der Waals surface area contributed by atoms with Gasteiger partial charge in [-0.2, -0.15) is 0 Å². The van der Waals surface area contributed by atoms with Gasteiger partial charge in [-0.15, -0.1) is 0 Å². The summed E-state index contributed by atoms with van der Waals surface area (Å²) in [4.78, 5) is 22.1.